The number of fused-ring (bicyclic) bond motifs is 1. The van der Waals surface area contributed by atoms with E-state index in [1.54, 1.807) is 6.07 Å². The van der Waals surface area contributed by atoms with E-state index in [0.29, 0.717) is 18.7 Å². The first-order valence-corrected chi connectivity index (χ1v) is 8.27. The van der Waals surface area contributed by atoms with Crippen LogP contribution in [0.25, 0.3) is 0 Å². The smallest absolute Gasteiger partial charge is 0.373 e. The number of benzene rings is 2. The number of rotatable bonds is 5. The molecule has 1 unspecified atom stereocenters. The molecule has 1 atom stereocenters. The van der Waals surface area contributed by atoms with Crippen LogP contribution in [0.4, 0.5) is 26.3 Å². The van der Waals surface area contributed by atoms with Gasteiger partial charge in [-0.15, -0.1) is 0 Å². The van der Waals surface area contributed by atoms with Crippen LogP contribution in [0.3, 0.4) is 0 Å². The second-order valence-electron chi connectivity index (χ2n) is 6.45. The molecule has 0 aromatic heterocycles. The average molecular weight is 402 g/mol. The van der Waals surface area contributed by atoms with Gasteiger partial charge in [-0.1, -0.05) is 36.9 Å². The molecule has 0 radical (unpaired) electrons. The molecule has 0 saturated heterocycles. The van der Waals surface area contributed by atoms with Crippen LogP contribution >= 0.6 is 0 Å². The van der Waals surface area contributed by atoms with Crippen LogP contribution in [0.15, 0.2) is 55.1 Å². The highest BCUT2D eigenvalue weighted by Crippen LogP contribution is 2.39. The third-order valence-electron chi connectivity index (χ3n) is 4.52. The molecule has 1 heterocycles. The summed E-state index contributed by atoms with van der Waals surface area (Å²) in [7, 11) is 0. The third-order valence-corrected chi connectivity index (χ3v) is 4.52. The average Bonchev–Trinajstić information content (AvgIpc) is 2.99. The minimum absolute atomic E-state index is 0.0884. The van der Waals surface area contributed by atoms with E-state index >= 15 is 0 Å². The largest absolute Gasteiger partial charge is 0.416 e. The maximum atomic E-state index is 12.9. The van der Waals surface area contributed by atoms with Crippen molar-refractivity contribution in [3.8, 4) is 0 Å². The second kappa shape index (κ2) is 7.25. The lowest BCUT2D eigenvalue weighted by atomic mass is 9.93. The normalized spacial score (nSPS) is 19.5. The topological polar surface area (TPSA) is 18.5 Å². The number of alkyl halides is 6. The monoisotopic (exact) mass is 402 g/mol. The first-order valence-electron chi connectivity index (χ1n) is 8.27. The molecule has 0 amide bonds. The number of hydrogen-bond donors (Lipinski definition) is 0. The quantitative estimate of drug-likeness (QED) is 0.461. The molecule has 150 valence electrons. The van der Waals surface area contributed by atoms with Crippen molar-refractivity contribution in [1.29, 1.82) is 0 Å². The van der Waals surface area contributed by atoms with Gasteiger partial charge in [0.25, 0.3) is 0 Å². The lowest BCUT2D eigenvalue weighted by Crippen LogP contribution is -2.28. The Morgan fingerprint density at radius 3 is 2.18 bits per heavy atom. The molecule has 3 rings (SSSR count). The summed E-state index contributed by atoms with van der Waals surface area (Å²) in [5.41, 5.74) is -2.24. The third kappa shape index (κ3) is 4.07. The van der Waals surface area contributed by atoms with E-state index in [1.165, 1.54) is 6.08 Å². The maximum absolute atomic E-state index is 12.9. The van der Waals surface area contributed by atoms with Crippen molar-refractivity contribution in [2.75, 3.05) is 6.61 Å². The number of ether oxygens (including phenoxy) is 2. The Morgan fingerprint density at radius 2 is 1.61 bits per heavy atom. The van der Waals surface area contributed by atoms with Crippen molar-refractivity contribution in [2.24, 2.45) is 0 Å². The fourth-order valence-electron chi connectivity index (χ4n) is 3.11. The Kier molecular flexibility index (Phi) is 5.29. The molecule has 0 saturated carbocycles. The van der Waals surface area contributed by atoms with E-state index in [0.717, 1.165) is 11.1 Å². The van der Waals surface area contributed by atoms with E-state index in [2.05, 4.69) is 6.58 Å². The second-order valence-corrected chi connectivity index (χ2v) is 6.45. The van der Waals surface area contributed by atoms with Gasteiger partial charge in [0.15, 0.2) is 0 Å². The predicted molar refractivity (Wildman–Crippen MR) is 89.2 cm³/mol. The summed E-state index contributed by atoms with van der Waals surface area (Å²) >= 11 is 0. The number of hydrogen-bond acceptors (Lipinski definition) is 2. The molecule has 1 aliphatic rings. The Balaban J connectivity index is 1.80. The first kappa shape index (κ1) is 20.4. The summed E-state index contributed by atoms with van der Waals surface area (Å²) in [4.78, 5) is 0. The molecular formula is C20H16F6O2. The van der Waals surface area contributed by atoms with Crippen LogP contribution < -0.4 is 0 Å². The molecule has 1 aliphatic heterocycles. The highest BCUT2D eigenvalue weighted by atomic mass is 19.4. The van der Waals surface area contributed by atoms with Crippen LogP contribution in [0.2, 0.25) is 0 Å². The molecule has 2 aromatic carbocycles. The summed E-state index contributed by atoms with van der Waals surface area (Å²) in [6.07, 6.45) is -8.27. The maximum Gasteiger partial charge on any atom is 0.416 e. The Morgan fingerprint density at radius 1 is 1.00 bits per heavy atom. The SMILES string of the molecule is C=CC1(COCc2cc(C(F)(F)F)cc(C(F)(F)F)c2)OCc2ccccc21. The van der Waals surface area contributed by atoms with Crippen LogP contribution in [0, 0.1) is 0 Å². The summed E-state index contributed by atoms with van der Waals surface area (Å²) in [6.45, 7) is 3.51. The van der Waals surface area contributed by atoms with Crippen molar-refractivity contribution >= 4 is 0 Å². The number of halogens is 6. The molecule has 2 aromatic rings. The zero-order valence-electron chi connectivity index (χ0n) is 14.5. The minimum Gasteiger partial charge on any atom is -0.373 e. The van der Waals surface area contributed by atoms with Gasteiger partial charge < -0.3 is 9.47 Å². The van der Waals surface area contributed by atoms with Gasteiger partial charge in [-0.25, -0.2) is 0 Å². The van der Waals surface area contributed by atoms with Gasteiger partial charge in [0.05, 0.1) is 30.9 Å². The van der Waals surface area contributed by atoms with Crippen LogP contribution in [-0.2, 0) is 40.6 Å². The van der Waals surface area contributed by atoms with Gasteiger partial charge in [0.1, 0.15) is 5.60 Å². The van der Waals surface area contributed by atoms with Crippen LogP contribution in [0.5, 0.6) is 0 Å². The zero-order chi connectivity index (χ0) is 20.6. The minimum atomic E-state index is -4.90. The molecule has 28 heavy (non-hydrogen) atoms. The molecule has 0 spiro atoms. The van der Waals surface area contributed by atoms with Gasteiger partial charge >= 0.3 is 12.4 Å². The Hall–Kier alpha value is -2.32. The van der Waals surface area contributed by atoms with Gasteiger partial charge in [-0.2, -0.15) is 26.3 Å². The van der Waals surface area contributed by atoms with Crippen molar-refractivity contribution in [3.05, 3.63) is 82.9 Å². The van der Waals surface area contributed by atoms with Gasteiger partial charge in [-0.05, 0) is 34.9 Å². The molecular weight excluding hydrogens is 386 g/mol. The predicted octanol–water partition coefficient (Wildman–Crippen LogP) is 5.85. The summed E-state index contributed by atoms with van der Waals surface area (Å²) < 4.78 is 88.9. The fourth-order valence-corrected chi connectivity index (χ4v) is 3.11. The van der Waals surface area contributed by atoms with Crippen molar-refractivity contribution < 1.29 is 35.8 Å². The van der Waals surface area contributed by atoms with Crippen molar-refractivity contribution in [3.63, 3.8) is 0 Å². The van der Waals surface area contributed by atoms with Crippen molar-refractivity contribution in [1.82, 2.24) is 0 Å². The molecule has 2 nitrogen and oxygen atoms in total. The molecule has 8 heteroatoms. The van der Waals surface area contributed by atoms with Gasteiger partial charge in [0.2, 0.25) is 0 Å². The fraction of sp³-hybridized carbons (Fsp3) is 0.300. The summed E-state index contributed by atoms with van der Waals surface area (Å²) in [6, 6.07) is 8.71. The summed E-state index contributed by atoms with van der Waals surface area (Å²) in [5, 5.41) is 0. The van der Waals surface area contributed by atoms with E-state index in [4.69, 9.17) is 9.47 Å². The van der Waals surface area contributed by atoms with E-state index < -0.39 is 35.7 Å². The van der Waals surface area contributed by atoms with E-state index in [-0.39, 0.29) is 18.2 Å². The molecule has 0 bridgehead atoms. The van der Waals surface area contributed by atoms with Crippen molar-refractivity contribution in [2.45, 2.75) is 31.2 Å². The molecule has 0 N–H and O–H groups in total. The highest BCUT2D eigenvalue weighted by Gasteiger charge is 2.39. The van der Waals surface area contributed by atoms with Crippen LogP contribution in [0.1, 0.15) is 27.8 Å². The lowest BCUT2D eigenvalue weighted by molar-refractivity contribution is -0.143. The first-order chi connectivity index (χ1) is 13.0. The van der Waals surface area contributed by atoms with Crippen LogP contribution in [-0.4, -0.2) is 6.61 Å². The Bertz CT molecular complexity index is 839. The summed E-state index contributed by atoms with van der Waals surface area (Å²) in [5.74, 6) is 0. The standard InChI is InChI=1S/C20H16F6O2/c1-2-18(17-6-4-3-5-14(17)11-28-18)12-27-10-13-7-15(19(21,22)23)9-16(8-13)20(24,25)26/h2-9H,1,10-12H2. The van der Waals surface area contributed by atoms with Gasteiger partial charge in [-0.3, -0.25) is 0 Å². The van der Waals surface area contributed by atoms with E-state index in [1.807, 2.05) is 18.2 Å². The molecule has 0 aliphatic carbocycles. The van der Waals surface area contributed by atoms with E-state index in [9.17, 15) is 26.3 Å². The lowest BCUT2D eigenvalue weighted by Gasteiger charge is -2.26. The zero-order valence-corrected chi connectivity index (χ0v) is 14.5. The highest BCUT2D eigenvalue weighted by molar-refractivity contribution is 5.39. The molecule has 0 fully saturated rings. The van der Waals surface area contributed by atoms with Gasteiger partial charge in [0, 0.05) is 0 Å². The Labute approximate surface area is 157 Å².